The van der Waals surface area contributed by atoms with Crippen molar-refractivity contribution in [1.82, 2.24) is 15.3 Å². The van der Waals surface area contributed by atoms with E-state index < -0.39 is 0 Å². The van der Waals surface area contributed by atoms with E-state index in [1.165, 1.54) is 70.5 Å². The lowest BCUT2D eigenvalue weighted by molar-refractivity contribution is -0.143. The molecule has 1 unspecified atom stereocenters. The van der Waals surface area contributed by atoms with Crippen LogP contribution in [0.15, 0.2) is 12.5 Å². The molecule has 0 bridgehead atoms. The van der Waals surface area contributed by atoms with Crippen LogP contribution < -0.4 is 5.32 Å². The molecule has 0 aliphatic rings. The number of carbonyl (C=O) groups excluding carboxylic acids is 2. The maximum atomic E-state index is 12.0. The van der Waals surface area contributed by atoms with Crippen LogP contribution in [0.4, 0.5) is 0 Å². The zero-order chi connectivity index (χ0) is 37.4. The molecular weight excluding hydrogens is 666 g/mol. The molecule has 1 aromatic heterocycles. The highest BCUT2D eigenvalue weighted by Crippen LogP contribution is 2.10. The third-order valence-corrected chi connectivity index (χ3v) is 8.52. The van der Waals surface area contributed by atoms with Crippen molar-refractivity contribution in [2.75, 3.05) is 85.8 Å². The first-order valence-corrected chi connectivity index (χ1v) is 20.6. The molecule has 12 heteroatoms. The van der Waals surface area contributed by atoms with E-state index in [0.717, 1.165) is 58.0 Å². The Kier molecular flexibility index (Phi) is 35.6. The van der Waals surface area contributed by atoms with E-state index in [2.05, 4.69) is 29.1 Å². The normalized spacial score (nSPS) is 12.0. The average Bonchev–Trinajstić information content (AvgIpc) is 3.70. The molecule has 12 nitrogen and oxygen atoms in total. The van der Waals surface area contributed by atoms with Crippen molar-refractivity contribution >= 4 is 11.9 Å². The van der Waals surface area contributed by atoms with E-state index in [4.69, 9.17) is 33.2 Å². The fourth-order valence-electron chi connectivity index (χ4n) is 5.40. The molecule has 52 heavy (non-hydrogen) atoms. The standard InChI is InChI=1S/C40H75N3O9/c1-3-5-7-9-11-15-20-25-52-39(44)21-17-13-12-16-19-24-51-37(34-49-23-18-14-10-8-6-4-2)35-50-32-31-48-30-29-47-28-27-46-26-22-42-40(45)38-33-41-36-43-38/h33,36-37H,3-32,34-35H2,1-2H3,(H,41,43)(H,42,45). The summed E-state index contributed by atoms with van der Waals surface area (Å²) in [5, 5.41) is 2.74. The van der Waals surface area contributed by atoms with Crippen LogP contribution in [0.1, 0.15) is 146 Å². The van der Waals surface area contributed by atoms with Crippen molar-refractivity contribution in [2.24, 2.45) is 0 Å². The molecule has 1 heterocycles. The van der Waals surface area contributed by atoms with Crippen LogP contribution in [0.2, 0.25) is 0 Å². The van der Waals surface area contributed by atoms with Gasteiger partial charge in [0.25, 0.3) is 5.91 Å². The number of esters is 1. The van der Waals surface area contributed by atoms with E-state index in [9.17, 15) is 9.59 Å². The van der Waals surface area contributed by atoms with E-state index >= 15 is 0 Å². The minimum Gasteiger partial charge on any atom is -0.466 e. The molecule has 2 N–H and O–H groups in total. The van der Waals surface area contributed by atoms with Gasteiger partial charge in [-0.25, -0.2) is 4.98 Å². The highest BCUT2D eigenvalue weighted by atomic mass is 16.6. The highest BCUT2D eigenvalue weighted by Gasteiger charge is 2.11. The van der Waals surface area contributed by atoms with Crippen LogP contribution in [-0.4, -0.2) is 114 Å². The molecule has 304 valence electrons. The number of nitrogens with one attached hydrogen (secondary N) is 2. The molecule has 1 rings (SSSR count). The summed E-state index contributed by atoms with van der Waals surface area (Å²) >= 11 is 0. The number of hydrogen-bond acceptors (Lipinski definition) is 10. The zero-order valence-corrected chi connectivity index (χ0v) is 33.0. The largest absolute Gasteiger partial charge is 0.466 e. The molecule has 1 atom stereocenters. The first-order valence-electron chi connectivity index (χ1n) is 20.6. The molecule has 0 aromatic carbocycles. The predicted molar refractivity (Wildman–Crippen MR) is 205 cm³/mol. The fourth-order valence-corrected chi connectivity index (χ4v) is 5.40. The second-order valence-electron chi connectivity index (χ2n) is 13.3. The van der Waals surface area contributed by atoms with Gasteiger partial charge in [0.1, 0.15) is 11.8 Å². The van der Waals surface area contributed by atoms with Gasteiger partial charge in [0.15, 0.2) is 0 Å². The number of H-pyrrole nitrogens is 1. The summed E-state index contributed by atoms with van der Waals surface area (Å²) in [7, 11) is 0. The van der Waals surface area contributed by atoms with Crippen LogP contribution in [-0.2, 0) is 38.0 Å². The van der Waals surface area contributed by atoms with Crippen LogP contribution in [0.5, 0.6) is 0 Å². The molecule has 0 saturated carbocycles. The molecule has 0 spiro atoms. The minimum absolute atomic E-state index is 0.0544. The first-order chi connectivity index (χ1) is 25.7. The smallest absolute Gasteiger partial charge is 0.305 e. The van der Waals surface area contributed by atoms with Crippen LogP contribution in [0.25, 0.3) is 0 Å². The van der Waals surface area contributed by atoms with Gasteiger partial charge in [0.05, 0.1) is 72.4 Å². The molecule has 1 aromatic rings. The second-order valence-corrected chi connectivity index (χ2v) is 13.3. The van der Waals surface area contributed by atoms with Gasteiger partial charge >= 0.3 is 5.97 Å². The SMILES string of the molecule is CCCCCCCCCOC(=O)CCCCCCCOC(COCCCCCCCC)COCCOCCOCCOCCNC(=O)c1c[nH]cn1. The Hall–Kier alpha value is -2.09. The third kappa shape index (κ3) is 32.6. The number of carbonyl (C=O) groups is 2. The van der Waals surface area contributed by atoms with Gasteiger partial charge in [-0.05, 0) is 25.7 Å². The van der Waals surface area contributed by atoms with Crippen molar-refractivity contribution in [2.45, 2.75) is 142 Å². The van der Waals surface area contributed by atoms with Crippen LogP contribution in [0.3, 0.4) is 0 Å². The van der Waals surface area contributed by atoms with Gasteiger partial charge < -0.3 is 43.5 Å². The summed E-state index contributed by atoms with van der Waals surface area (Å²) in [6, 6.07) is 0. The van der Waals surface area contributed by atoms with Crippen molar-refractivity contribution in [3.05, 3.63) is 18.2 Å². The first kappa shape index (κ1) is 47.9. The number of amides is 1. The van der Waals surface area contributed by atoms with E-state index in [-0.39, 0.29) is 18.0 Å². The van der Waals surface area contributed by atoms with Crippen LogP contribution >= 0.6 is 0 Å². The summed E-state index contributed by atoms with van der Waals surface area (Å²) in [6.07, 6.45) is 24.5. The van der Waals surface area contributed by atoms with E-state index in [0.29, 0.717) is 91.3 Å². The Balaban J connectivity index is 2.04. The summed E-state index contributed by atoms with van der Waals surface area (Å²) in [5.41, 5.74) is 0.356. The van der Waals surface area contributed by atoms with Crippen molar-refractivity contribution in [1.29, 1.82) is 0 Å². The van der Waals surface area contributed by atoms with Crippen molar-refractivity contribution in [3.8, 4) is 0 Å². The number of hydrogen-bond donors (Lipinski definition) is 2. The lowest BCUT2D eigenvalue weighted by atomic mass is 10.1. The number of ether oxygens (including phenoxy) is 7. The number of nitrogens with zero attached hydrogens (tertiary/aromatic N) is 1. The third-order valence-electron chi connectivity index (χ3n) is 8.52. The number of unbranched alkanes of at least 4 members (excludes halogenated alkanes) is 15. The van der Waals surface area contributed by atoms with Gasteiger partial charge in [-0.3, -0.25) is 9.59 Å². The average molecular weight is 742 g/mol. The Labute approximate surface area is 315 Å². The van der Waals surface area contributed by atoms with Gasteiger partial charge in [0.2, 0.25) is 0 Å². The molecule has 0 radical (unpaired) electrons. The van der Waals surface area contributed by atoms with E-state index in [1.54, 1.807) is 6.20 Å². The lowest BCUT2D eigenvalue weighted by Crippen LogP contribution is -2.28. The maximum Gasteiger partial charge on any atom is 0.305 e. The summed E-state index contributed by atoms with van der Waals surface area (Å²) < 4.78 is 40.0. The zero-order valence-electron chi connectivity index (χ0n) is 33.0. The molecule has 0 fully saturated rings. The number of imidazole rings is 1. The molecule has 0 aliphatic carbocycles. The number of rotatable bonds is 41. The van der Waals surface area contributed by atoms with Crippen LogP contribution in [0, 0.1) is 0 Å². The predicted octanol–water partition coefficient (Wildman–Crippen LogP) is 7.60. The minimum atomic E-state index is -0.231. The molecule has 1 amide bonds. The van der Waals surface area contributed by atoms with E-state index in [1.807, 2.05) is 0 Å². The van der Waals surface area contributed by atoms with Gasteiger partial charge in [-0.2, -0.15) is 0 Å². The summed E-state index contributed by atoms with van der Waals surface area (Å²) in [6.45, 7) is 11.1. The topological polar surface area (TPSA) is 139 Å². The molecular formula is C40H75N3O9. The fraction of sp³-hybridized carbons (Fsp3) is 0.875. The van der Waals surface area contributed by atoms with Crippen molar-refractivity contribution < 1.29 is 42.7 Å². The Bertz CT molecular complexity index is 892. The maximum absolute atomic E-state index is 12.0. The van der Waals surface area contributed by atoms with Gasteiger partial charge in [-0.15, -0.1) is 0 Å². The van der Waals surface area contributed by atoms with Gasteiger partial charge in [0, 0.05) is 32.4 Å². The molecule has 0 aliphatic heterocycles. The second kappa shape index (κ2) is 38.6. The van der Waals surface area contributed by atoms with Crippen molar-refractivity contribution in [3.63, 3.8) is 0 Å². The Morgan fingerprint density at radius 1 is 0.596 bits per heavy atom. The monoisotopic (exact) mass is 742 g/mol. The Morgan fingerprint density at radius 2 is 1.10 bits per heavy atom. The molecule has 0 saturated heterocycles. The quantitative estimate of drug-likeness (QED) is 0.0510. The summed E-state index contributed by atoms with van der Waals surface area (Å²) in [4.78, 5) is 30.4. The number of aromatic nitrogens is 2. The number of aromatic amines is 1. The highest BCUT2D eigenvalue weighted by molar-refractivity contribution is 5.91. The Morgan fingerprint density at radius 3 is 1.69 bits per heavy atom. The van der Waals surface area contributed by atoms with Gasteiger partial charge in [-0.1, -0.05) is 104 Å². The lowest BCUT2D eigenvalue weighted by Gasteiger charge is -2.18. The summed E-state index contributed by atoms with van der Waals surface area (Å²) in [5.74, 6) is -0.285.